The molecule has 1 rings (SSSR count). The van der Waals surface area contributed by atoms with Crippen LogP contribution in [0.5, 0.6) is 0 Å². The predicted molar refractivity (Wildman–Crippen MR) is 69.4 cm³/mol. The van der Waals surface area contributed by atoms with E-state index in [1.165, 1.54) is 12.8 Å². The van der Waals surface area contributed by atoms with Crippen molar-refractivity contribution < 1.29 is 14.7 Å². The molecule has 2 atom stereocenters. The van der Waals surface area contributed by atoms with E-state index in [2.05, 4.69) is 10.6 Å². The molecule has 0 aliphatic heterocycles. The minimum atomic E-state index is -0.892. The summed E-state index contributed by atoms with van der Waals surface area (Å²) in [5.74, 6) is -0.114. The van der Waals surface area contributed by atoms with Crippen molar-refractivity contribution in [3.05, 3.63) is 0 Å². The molecule has 0 aromatic rings. The van der Waals surface area contributed by atoms with Crippen LogP contribution in [0.4, 0.5) is 4.79 Å². The molecule has 1 aliphatic rings. The van der Waals surface area contributed by atoms with Crippen LogP contribution in [0.25, 0.3) is 0 Å². The summed E-state index contributed by atoms with van der Waals surface area (Å²) < 4.78 is 0. The average molecular weight is 256 g/mol. The monoisotopic (exact) mass is 256 g/mol. The Balaban J connectivity index is 2.28. The lowest BCUT2D eigenvalue weighted by Crippen LogP contribution is -2.46. The van der Waals surface area contributed by atoms with Gasteiger partial charge in [-0.1, -0.05) is 19.8 Å². The topological polar surface area (TPSA) is 78.4 Å². The first-order chi connectivity index (χ1) is 8.37. The molecule has 18 heavy (non-hydrogen) atoms. The fourth-order valence-electron chi connectivity index (χ4n) is 1.81. The number of rotatable bonds is 7. The molecule has 0 heterocycles. The van der Waals surface area contributed by atoms with Crippen molar-refractivity contribution in [3.8, 4) is 0 Å². The van der Waals surface area contributed by atoms with Crippen LogP contribution in [-0.4, -0.2) is 29.7 Å². The summed E-state index contributed by atoms with van der Waals surface area (Å²) in [4.78, 5) is 22.7. The molecule has 1 fully saturated rings. The van der Waals surface area contributed by atoms with Crippen LogP contribution in [0.2, 0.25) is 0 Å². The quantitative estimate of drug-likeness (QED) is 0.651. The molecule has 5 nitrogen and oxygen atoms in total. The van der Waals surface area contributed by atoms with Crippen LogP contribution in [0.1, 0.15) is 46.5 Å². The molecule has 2 unspecified atom stereocenters. The van der Waals surface area contributed by atoms with Gasteiger partial charge in [-0.3, -0.25) is 4.79 Å². The molecule has 1 aliphatic carbocycles. The van der Waals surface area contributed by atoms with Crippen molar-refractivity contribution in [2.75, 3.05) is 6.54 Å². The predicted octanol–water partition coefficient (Wildman–Crippen LogP) is 1.98. The number of carboxylic acid groups (broad SMARTS) is 1. The molecule has 0 aromatic heterocycles. The molecule has 0 radical (unpaired) electrons. The number of nitrogens with one attached hydrogen (secondary N) is 2. The van der Waals surface area contributed by atoms with Gasteiger partial charge in [0.25, 0.3) is 0 Å². The molecule has 0 aromatic carbocycles. The van der Waals surface area contributed by atoms with Crippen molar-refractivity contribution in [2.45, 2.75) is 52.5 Å². The number of carbonyl (C=O) groups is 2. The Morgan fingerprint density at radius 2 is 2.06 bits per heavy atom. The van der Waals surface area contributed by atoms with E-state index in [0.717, 1.165) is 12.3 Å². The molecule has 3 N–H and O–H groups in total. The van der Waals surface area contributed by atoms with Gasteiger partial charge in [0.2, 0.25) is 0 Å². The number of aliphatic carboxylic acids is 1. The Hall–Kier alpha value is -1.26. The van der Waals surface area contributed by atoms with Crippen molar-refractivity contribution in [1.29, 1.82) is 0 Å². The zero-order valence-corrected chi connectivity index (χ0v) is 11.5. The normalized spacial score (nSPS) is 19.7. The van der Waals surface area contributed by atoms with Gasteiger partial charge in [-0.2, -0.15) is 0 Å². The number of urea groups is 1. The summed E-state index contributed by atoms with van der Waals surface area (Å²) in [5.41, 5.74) is -0.892. The van der Waals surface area contributed by atoms with Gasteiger partial charge in [0.05, 0.1) is 5.41 Å². The van der Waals surface area contributed by atoms with Crippen LogP contribution in [0, 0.1) is 11.3 Å². The maximum atomic E-state index is 11.6. The molecule has 2 amide bonds. The van der Waals surface area contributed by atoms with Crippen LogP contribution in [0.15, 0.2) is 0 Å². The fraction of sp³-hybridized carbons (Fsp3) is 0.846. The summed E-state index contributed by atoms with van der Waals surface area (Å²) in [6, 6.07) is -0.126. The van der Waals surface area contributed by atoms with E-state index >= 15 is 0 Å². The minimum absolute atomic E-state index is 0.148. The molecular formula is C13H24N2O3. The molecule has 1 saturated carbocycles. The van der Waals surface area contributed by atoms with Gasteiger partial charge in [-0.15, -0.1) is 0 Å². The number of carboxylic acids is 1. The van der Waals surface area contributed by atoms with E-state index in [-0.39, 0.29) is 18.6 Å². The van der Waals surface area contributed by atoms with Crippen molar-refractivity contribution in [2.24, 2.45) is 11.3 Å². The van der Waals surface area contributed by atoms with E-state index in [4.69, 9.17) is 5.11 Å². The SMILES string of the molecule is CCC(C)(CNC(=O)NC(C)CC1CC1)C(=O)O. The maximum Gasteiger partial charge on any atom is 0.315 e. The van der Waals surface area contributed by atoms with Gasteiger partial charge < -0.3 is 15.7 Å². The Kier molecular flexibility index (Phi) is 4.99. The van der Waals surface area contributed by atoms with Crippen molar-refractivity contribution in [3.63, 3.8) is 0 Å². The lowest BCUT2D eigenvalue weighted by Gasteiger charge is -2.24. The van der Waals surface area contributed by atoms with E-state index in [0.29, 0.717) is 6.42 Å². The zero-order valence-electron chi connectivity index (χ0n) is 11.5. The Labute approximate surface area is 108 Å². The Morgan fingerprint density at radius 3 is 2.50 bits per heavy atom. The molecular weight excluding hydrogens is 232 g/mol. The molecule has 104 valence electrons. The van der Waals surface area contributed by atoms with E-state index in [1.54, 1.807) is 6.92 Å². The van der Waals surface area contributed by atoms with Crippen molar-refractivity contribution in [1.82, 2.24) is 10.6 Å². The van der Waals surface area contributed by atoms with Crippen molar-refractivity contribution >= 4 is 12.0 Å². The van der Waals surface area contributed by atoms with E-state index in [9.17, 15) is 9.59 Å². The first kappa shape index (κ1) is 14.8. The van der Waals surface area contributed by atoms with Crippen LogP contribution >= 0.6 is 0 Å². The van der Waals surface area contributed by atoms with Gasteiger partial charge in [-0.25, -0.2) is 4.79 Å². The summed E-state index contributed by atoms with van der Waals surface area (Å²) in [7, 11) is 0. The lowest BCUT2D eigenvalue weighted by molar-refractivity contribution is -0.147. The van der Waals surface area contributed by atoms with Gasteiger partial charge in [0.15, 0.2) is 0 Å². The summed E-state index contributed by atoms with van der Waals surface area (Å²) >= 11 is 0. The number of hydrogen-bond donors (Lipinski definition) is 3. The number of amides is 2. The Bertz CT molecular complexity index is 315. The average Bonchev–Trinajstić information content (AvgIpc) is 3.09. The lowest BCUT2D eigenvalue weighted by atomic mass is 9.88. The minimum Gasteiger partial charge on any atom is -0.481 e. The van der Waals surface area contributed by atoms with Gasteiger partial charge in [-0.05, 0) is 32.6 Å². The number of carbonyl (C=O) groups excluding carboxylic acids is 1. The third-order valence-electron chi connectivity index (χ3n) is 3.70. The summed E-state index contributed by atoms with van der Waals surface area (Å²) in [6.07, 6.45) is 4.03. The van der Waals surface area contributed by atoms with E-state index in [1.807, 2.05) is 13.8 Å². The van der Waals surface area contributed by atoms with Crippen LogP contribution in [-0.2, 0) is 4.79 Å². The summed E-state index contributed by atoms with van der Waals surface area (Å²) in [6.45, 7) is 5.58. The first-order valence-electron chi connectivity index (χ1n) is 6.65. The highest BCUT2D eigenvalue weighted by molar-refractivity contribution is 5.77. The Morgan fingerprint density at radius 1 is 1.44 bits per heavy atom. The highest BCUT2D eigenvalue weighted by Crippen LogP contribution is 2.33. The van der Waals surface area contributed by atoms with Gasteiger partial charge >= 0.3 is 12.0 Å². The molecule has 0 bridgehead atoms. The second kappa shape index (κ2) is 6.07. The van der Waals surface area contributed by atoms with Gasteiger partial charge in [0, 0.05) is 12.6 Å². The standard InChI is InChI=1S/C13H24N2O3/c1-4-13(3,11(16)17)8-14-12(18)15-9(2)7-10-5-6-10/h9-10H,4-8H2,1-3H3,(H,16,17)(H2,14,15,18). The zero-order chi connectivity index (χ0) is 13.8. The maximum absolute atomic E-state index is 11.6. The smallest absolute Gasteiger partial charge is 0.315 e. The van der Waals surface area contributed by atoms with Crippen LogP contribution < -0.4 is 10.6 Å². The molecule has 0 spiro atoms. The highest BCUT2D eigenvalue weighted by atomic mass is 16.4. The number of hydrogen-bond acceptors (Lipinski definition) is 2. The first-order valence-corrected chi connectivity index (χ1v) is 6.65. The second-order valence-corrected chi connectivity index (χ2v) is 5.63. The molecule has 0 saturated heterocycles. The highest BCUT2D eigenvalue weighted by Gasteiger charge is 2.31. The third kappa shape index (κ3) is 4.55. The fourth-order valence-corrected chi connectivity index (χ4v) is 1.81. The van der Waals surface area contributed by atoms with E-state index < -0.39 is 11.4 Å². The third-order valence-corrected chi connectivity index (χ3v) is 3.70. The summed E-state index contributed by atoms with van der Waals surface area (Å²) in [5, 5.41) is 14.6. The molecule has 5 heteroatoms. The second-order valence-electron chi connectivity index (χ2n) is 5.63. The van der Waals surface area contributed by atoms with Crippen LogP contribution in [0.3, 0.4) is 0 Å². The largest absolute Gasteiger partial charge is 0.481 e. The van der Waals surface area contributed by atoms with Gasteiger partial charge in [0.1, 0.15) is 0 Å².